The molecular formula is C19H20N4O2. The van der Waals surface area contributed by atoms with Gasteiger partial charge in [-0.25, -0.2) is 0 Å². The second kappa shape index (κ2) is 6.55. The molecule has 2 aromatic heterocycles. The zero-order valence-corrected chi connectivity index (χ0v) is 14.1. The van der Waals surface area contributed by atoms with Crippen molar-refractivity contribution < 1.29 is 9.53 Å². The van der Waals surface area contributed by atoms with E-state index >= 15 is 0 Å². The summed E-state index contributed by atoms with van der Waals surface area (Å²) >= 11 is 0. The molecule has 1 amide bonds. The average molecular weight is 336 g/mol. The van der Waals surface area contributed by atoms with Gasteiger partial charge in [0.1, 0.15) is 0 Å². The lowest BCUT2D eigenvalue weighted by molar-refractivity contribution is 0.0599. The maximum absolute atomic E-state index is 13.0. The first kappa shape index (κ1) is 15.6. The van der Waals surface area contributed by atoms with Crippen LogP contribution in [0.3, 0.4) is 0 Å². The highest BCUT2D eigenvalue weighted by Crippen LogP contribution is 2.33. The molecule has 0 bridgehead atoms. The molecule has 0 unspecified atom stereocenters. The largest absolute Gasteiger partial charge is 0.480 e. The monoisotopic (exact) mass is 336 g/mol. The molecule has 0 saturated carbocycles. The topological polar surface area (TPSA) is 71.1 Å². The molecule has 1 saturated heterocycles. The molecule has 128 valence electrons. The molecule has 0 radical (unpaired) electrons. The Morgan fingerprint density at radius 2 is 2.08 bits per heavy atom. The number of ether oxygens (including phenoxy) is 1. The number of likely N-dealkylation sites (tertiary alicyclic amines) is 1. The fourth-order valence-corrected chi connectivity index (χ4v) is 3.46. The first-order chi connectivity index (χ1) is 12.3. The van der Waals surface area contributed by atoms with E-state index in [1.807, 2.05) is 17.0 Å². The number of amides is 1. The van der Waals surface area contributed by atoms with Gasteiger partial charge >= 0.3 is 0 Å². The molecule has 3 heterocycles. The number of methoxy groups -OCH3 is 1. The van der Waals surface area contributed by atoms with Gasteiger partial charge in [0.15, 0.2) is 5.69 Å². The van der Waals surface area contributed by atoms with Gasteiger partial charge < -0.3 is 14.6 Å². The van der Waals surface area contributed by atoms with E-state index in [0.717, 1.165) is 37.0 Å². The van der Waals surface area contributed by atoms with Crippen LogP contribution in [0, 0.1) is 0 Å². The summed E-state index contributed by atoms with van der Waals surface area (Å²) in [4.78, 5) is 18.3. The van der Waals surface area contributed by atoms with E-state index in [-0.39, 0.29) is 11.9 Å². The van der Waals surface area contributed by atoms with Crippen LogP contribution in [0.1, 0.15) is 41.5 Å². The molecule has 1 aromatic carbocycles. The number of para-hydroxylation sites is 1. The highest BCUT2D eigenvalue weighted by molar-refractivity contribution is 5.92. The Bertz CT molecular complexity index is 855. The third-order valence-corrected chi connectivity index (χ3v) is 4.74. The highest BCUT2D eigenvalue weighted by atomic mass is 16.5. The number of H-pyrrole nitrogens is 1. The Labute approximate surface area is 145 Å². The van der Waals surface area contributed by atoms with Gasteiger partial charge in [0.2, 0.25) is 5.88 Å². The lowest BCUT2D eigenvalue weighted by atomic mass is 9.98. The van der Waals surface area contributed by atoms with Crippen LogP contribution in [-0.2, 0) is 0 Å². The van der Waals surface area contributed by atoms with Gasteiger partial charge in [-0.15, -0.1) is 10.2 Å². The Balaban J connectivity index is 1.64. The number of carbonyl (C=O) groups excluding carboxylic acids is 1. The molecule has 1 aliphatic rings. The summed E-state index contributed by atoms with van der Waals surface area (Å²) in [6, 6.07) is 13.7. The first-order valence-corrected chi connectivity index (χ1v) is 8.52. The Hall–Kier alpha value is -2.89. The van der Waals surface area contributed by atoms with E-state index < -0.39 is 0 Å². The number of piperidine rings is 1. The molecule has 25 heavy (non-hydrogen) atoms. The van der Waals surface area contributed by atoms with Gasteiger partial charge in [-0.3, -0.25) is 4.79 Å². The average Bonchev–Trinajstić information content (AvgIpc) is 3.11. The van der Waals surface area contributed by atoms with Crippen molar-refractivity contribution in [1.29, 1.82) is 0 Å². The van der Waals surface area contributed by atoms with Gasteiger partial charge in [0.25, 0.3) is 5.91 Å². The molecule has 0 spiro atoms. The summed E-state index contributed by atoms with van der Waals surface area (Å²) in [6.45, 7) is 0.729. The SMILES string of the molecule is COc1ccc(C(=O)N2CCCC[C@@H]2c2cc3ccccc3[nH]2)nn1. The predicted molar refractivity (Wildman–Crippen MR) is 94.5 cm³/mol. The zero-order valence-electron chi connectivity index (χ0n) is 14.1. The van der Waals surface area contributed by atoms with Crippen LogP contribution >= 0.6 is 0 Å². The van der Waals surface area contributed by atoms with Crippen molar-refractivity contribution in [2.24, 2.45) is 0 Å². The molecule has 1 aliphatic heterocycles. The van der Waals surface area contributed by atoms with Crippen LogP contribution < -0.4 is 4.74 Å². The van der Waals surface area contributed by atoms with Crippen LogP contribution in [0.25, 0.3) is 10.9 Å². The van der Waals surface area contributed by atoms with Crippen molar-refractivity contribution in [3.05, 3.63) is 53.9 Å². The normalized spacial score (nSPS) is 17.6. The molecule has 1 N–H and O–H groups in total. The molecule has 0 aliphatic carbocycles. The summed E-state index contributed by atoms with van der Waals surface area (Å²) in [5.74, 6) is 0.320. The second-order valence-electron chi connectivity index (χ2n) is 6.28. The summed E-state index contributed by atoms with van der Waals surface area (Å²) in [5, 5.41) is 9.10. The van der Waals surface area contributed by atoms with Crippen molar-refractivity contribution in [2.45, 2.75) is 25.3 Å². The molecule has 6 heteroatoms. The number of rotatable bonds is 3. The zero-order chi connectivity index (χ0) is 17.2. The molecular weight excluding hydrogens is 316 g/mol. The lowest BCUT2D eigenvalue weighted by Crippen LogP contribution is -2.39. The number of hydrogen-bond acceptors (Lipinski definition) is 4. The van der Waals surface area contributed by atoms with E-state index in [1.165, 1.54) is 12.5 Å². The number of carbonyl (C=O) groups is 1. The van der Waals surface area contributed by atoms with E-state index in [4.69, 9.17) is 4.74 Å². The van der Waals surface area contributed by atoms with Crippen molar-refractivity contribution in [1.82, 2.24) is 20.1 Å². The lowest BCUT2D eigenvalue weighted by Gasteiger charge is -2.35. The van der Waals surface area contributed by atoms with Gasteiger partial charge in [0.05, 0.1) is 13.2 Å². The van der Waals surface area contributed by atoms with Crippen LogP contribution in [-0.4, -0.2) is 39.6 Å². The summed E-state index contributed by atoms with van der Waals surface area (Å²) < 4.78 is 5.02. The van der Waals surface area contributed by atoms with Crippen LogP contribution in [0.15, 0.2) is 42.5 Å². The quantitative estimate of drug-likeness (QED) is 0.796. The minimum Gasteiger partial charge on any atom is -0.480 e. The van der Waals surface area contributed by atoms with Gasteiger partial charge in [-0.2, -0.15) is 0 Å². The molecule has 3 aromatic rings. The molecule has 1 fully saturated rings. The first-order valence-electron chi connectivity index (χ1n) is 8.52. The maximum Gasteiger partial charge on any atom is 0.274 e. The van der Waals surface area contributed by atoms with Gasteiger partial charge in [-0.05, 0) is 42.8 Å². The van der Waals surface area contributed by atoms with E-state index in [9.17, 15) is 4.79 Å². The second-order valence-corrected chi connectivity index (χ2v) is 6.28. The predicted octanol–water partition coefficient (Wildman–Crippen LogP) is 3.33. The number of nitrogens with zero attached hydrogens (tertiary/aromatic N) is 3. The maximum atomic E-state index is 13.0. The summed E-state index contributed by atoms with van der Waals surface area (Å²) in [5.41, 5.74) is 2.53. The number of hydrogen-bond donors (Lipinski definition) is 1. The van der Waals surface area contributed by atoms with Gasteiger partial charge in [-0.1, -0.05) is 18.2 Å². The standard InChI is InChI=1S/C19H20N4O2/c1-25-18-10-9-15(21-22-18)19(24)23-11-5-4-8-17(23)16-12-13-6-2-3-7-14(13)20-16/h2-3,6-7,9-10,12,17,20H,4-5,8,11H2,1H3/t17-/m1/s1. The number of nitrogens with one attached hydrogen (secondary N) is 1. The van der Waals surface area contributed by atoms with E-state index in [1.54, 1.807) is 12.1 Å². The Morgan fingerprint density at radius 1 is 1.20 bits per heavy atom. The van der Waals surface area contributed by atoms with E-state index in [2.05, 4.69) is 33.4 Å². The Morgan fingerprint density at radius 3 is 2.84 bits per heavy atom. The molecule has 6 nitrogen and oxygen atoms in total. The molecule has 4 rings (SSSR count). The third kappa shape index (κ3) is 2.95. The molecule has 1 atom stereocenters. The van der Waals surface area contributed by atoms with Crippen molar-refractivity contribution in [3.8, 4) is 5.88 Å². The highest BCUT2D eigenvalue weighted by Gasteiger charge is 2.30. The van der Waals surface area contributed by atoms with Crippen molar-refractivity contribution >= 4 is 16.8 Å². The van der Waals surface area contributed by atoms with Crippen molar-refractivity contribution in [3.63, 3.8) is 0 Å². The summed E-state index contributed by atoms with van der Waals surface area (Å²) in [6.07, 6.45) is 3.06. The van der Waals surface area contributed by atoms with Crippen LogP contribution in [0.2, 0.25) is 0 Å². The Kier molecular flexibility index (Phi) is 4.09. The van der Waals surface area contributed by atoms with Crippen LogP contribution in [0.4, 0.5) is 0 Å². The van der Waals surface area contributed by atoms with Crippen molar-refractivity contribution in [2.75, 3.05) is 13.7 Å². The summed E-state index contributed by atoms with van der Waals surface area (Å²) in [7, 11) is 1.53. The minimum atomic E-state index is -0.0847. The fourth-order valence-electron chi connectivity index (χ4n) is 3.46. The van der Waals surface area contributed by atoms with E-state index in [0.29, 0.717) is 11.6 Å². The number of aromatic nitrogens is 3. The minimum absolute atomic E-state index is 0.0394. The number of benzene rings is 1. The van der Waals surface area contributed by atoms with Gasteiger partial charge in [0, 0.05) is 23.8 Å². The number of aromatic amines is 1. The number of fused-ring (bicyclic) bond motifs is 1. The van der Waals surface area contributed by atoms with Crippen LogP contribution in [0.5, 0.6) is 5.88 Å². The smallest absolute Gasteiger partial charge is 0.274 e. The third-order valence-electron chi connectivity index (χ3n) is 4.74. The fraction of sp³-hybridized carbons (Fsp3) is 0.316.